The van der Waals surface area contributed by atoms with Crippen molar-refractivity contribution < 1.29 is 4.79 Å². The predicted molar refractivity (Wildman–Crippen MR) is 125 cm³/mol. The van der Waals surface area contributed by atoms with Gasteiger partial charge in [0.2, 0.25) is 11.9 Å². The van der Waals surface area contributed by atoms with E-state index in [9.17, 15) is 4.79 Å². The van der Waals surface area contributed by atoms with Crippen molar-refractivity contribution in [2.24, 2.45) is 0 Å². The highest BCUT2D eigenvalue weighted by atomic mass is 32.2. The molecule has 4 aromatic rings. The summed E-state index contributed by atoms with van der Waals surface area (Å²) in [5.74, 6) is 0.737. The number of hydrogen-bond acceptors (Lipinski definition) is 6. The SMILES string of the molecule is Nc1nnc(SCc2ccccc2)n1CC(=O)Nc1ccc(Nc2ccccc2)cc1. The van der Waals surface area contributed by atoms with Crippen LogP contribution in [0.3, 0.4) is 0 Å². The molecule has 1 aromatic heterocycles. The molecule has 1 amide bonds. The lowest BCUT2D eigenvalue weighted by Crippen LogP contribution is -2.20. The van der Waals surface area contributed by atoms with Gasteiger partial charge in [-0.05, 0) is 42.0 Å². The number of thioether (sulfide) groups is 1. The van der Waals surface area contributed by atoms with Crippen LogP contribution in [0, 0.1) is 0 Å². The van der Waals surface area contributed by atoms with E-state index in [1.807, 2.05) is 84.9 Å². The van der Waals surface area contributed by atoms with Crippen LogP contribution in [0.4, 0.5) is 23.0 Å². The van der Waals surface area contributed by atoms with Crippen LogP contribution in [0.1, 0.15) is 5.56 Å². The zero-order chi connectivity index (χ0) is 21.5. The molecule has 0 saturated heterocycles. The van der Waals surface area contributed by atoms with Crippen molar-refractivity contribution in [3.8, 4) is 0 Å². The topological polar surface area (TPSA) is 97.9 Å². The van der Waals surface area contributed by atoms with Gasteiger partial charge in [0.15, 0.2) is 5.16 Å². The molecule has 0 unspecified atom stereocenters. The Morgan fingerprint density at radius 3 is 2.16 bits per heavy atom. The minimum atomic E-state index is -0.197. The first-order chi connectivity index (χ1) is 15.2. The van der Waals surface area contributed by atoms with Crippen molar-refractivity contribution in [1.29, 1.82) is 0 Å². The quantitative estimate of drug-likeness (QED) is 0.355. The van der Waals surface area contributed by atoms with E-state index in [4.69, 9.17) is 5.73 Å². The number of hydrogen-bond donors (Lipinski definition) is 3. The molecule has 0 bridgehead atoms. The predicted octanol–water partition coefficient (Wildman–Crippen LogP) is 4.53. The van der Waals surface area contributed by atoms with Gasteiger partial charge in [0.25, 0.3) is 0 Å². The van der Waals surface area contributed by atoms with Crippen LogP contribution in [0.2, 0.25) is 0 Å². The number of rotatable bonds is 8. The highest BCUT2D eigenvalue weighted by molar-refractivity contribution is 7.98. The molecule has 0 atom stereocenters. The summed E-state index contributed by atoms with van der Waals surface area (Å²) in [6, 6.07) is 27.5. The number of nitrogens with zero attached hydrogens (tertiary/aromatic N) is 3. The first-order valence-electron chi connectivity index (χ1n) is 9.75. The molecule has 8 heteroatoms. The van der Waals surface area contributed by atoms with Crippen molar-refractivity contribution in [3.63, 3.8) is 0 Å². The number of carbonyl (C=O) groups excluding carboxylic acids is 1. The van der Waals surface area contributed by atoms with E-state index in [0.29, 0.717) is 10.8 Å². The van der Waals surface area contributed by atoms with Crippen LogP contribution in [-0.2, 0) is 17.1 Å². The Morgan fingerprint density at radius 1 is 0.839 bits per heavy atom. The third-order valence-corrected chi connectivity index (χ3v) is 5.53. The number of anilines is 4. The molecule has 0 spiro atoms. The molecule has 31 heavy (non-hydrogen) atoms. The van der Waals surface area contributed by atoms with Gasteiger partial charge >= 0.3 is 0 Å². The molecule has 7 nitrogen and oxygen atoms in total. The van der Waals surface area contributed by atoms with E-state index in [-0.39, 0.29) is 18.4 Å². The van der Waals surface area contributed by atoms with Crippen molar-refractivity contribution in [2.75, 3.05) is 16.4 Å². The third-order valence-electron chi connectivity index (χ3n) is 4.49. The molecule has 0 aliphatic heterocycles. The molecule has 0 aliphatic rings. The standard InChI is InChI=1S/C23H22N6OS/c24-22-27-28-23(31-16-17-7-3-1-4-8-17)29(22)15-21(30)26-20-13-11-19(12-14-20)25-18-9-5-2-6-10-18/h1-14,25H,15-16H2,(H2,24,27)(H,26,30). The molecule has 4 rings (SSSR count). The minimum absolute atomic E-state index is 0.0416. The fourth-order valence-corrected chi connectivity index (χ4v) is 3.85. The van der Waals surface area contributed by atoms with E-state index in [0.717, 1.165) is 22.7 Å². The first-order valence-corrected chi connectivity index (χ1v) is 10.7. The highest BCUT2D eigenvalue weighted by Crippen LogP contribution is 2.23. The van der Waals surface area contributed by atoms with E-state index >= 15 is 0 Å². The van der Waals surface area contributed by atoms with Crippen LogP contribution in [0.5, 0.6) is 0 Å². The largest absolute Gasteiger partial charge is 0.368 e. The van der Waals surface area contributed by atoms with Crippen LogP contribution in [-0.4, -0.2) is 20.7 Å². The lowest BCUT2D eigenvalue weighted by atomic mass is 10.2. The van der Waals surface area contributed by atoms with Crippen molar-refractivity contribution >= 4 is 40.7 Å². The monoisotopic (exact) mass is 430 g/mol. The second-order valence-electron chi connectivity index (χ2n) is 6.82. The Bertz CT molecular complexity index is 1130. The van der Waals surface area contributed by atoms with Crippen LogP contribution in [0.15, 0.2) is 90.1 Å². The average molecular weight is 431 g/mol. The number of para-hydroxylation sites is 1. The Morgan fingerprint density at radius 2 is 1.45 bits per heavy atom. The molecule has 0 radical (unpaired) electrons. The summed E-state index contributed by atoms with van der Waals surface area (Å²) in [6.45, 7) is 0.0416. The number of nitrogens with two attached hydrogens (primary N) is 1. The Kier molecular flexibility index (Phi) is 6.49. The van der Waals surface area contributed by atoms with Crippen LogP contribution >= 0.6 is 11.8 Å². The Labute approximate surface area is 184 Å². The summed E-state index contributed by atoms with van der Waals surface area (Å²) in [5.41, 5.74) is 9.74. The normalized spacial score (nSPS) is 10.6. The number of benzene rings is 3. The summed E-state index contributed by atoms with van der Waals surface area (Å²) in [5, 5.41) is 14.8. The lowest BCUT2D eigenvalue weighted by Gasteiger charge is -2.10. The molecular formula is C23H22N6OS. The number of amides is 1. The van der Waals surface area contributed by atoms with Gasteiger partial charge in [0.1, 0.15) is 6.54 Å². The number of aromatic nitrogens is 3. The van der Waals surface area contributed by atoms with Gasteiger partial charge in [0.05, 0.1) is 0 Å². The highest BCUT2D eigenvalue weighted by Gasteiger charge is 2.14. The molecule has 4 N–H and O–H groups in total. The molecule has 1 heterocycles. The second kappa shape index (κ2) is 9.82. The van der Waals surface area contributed by atoms with Crippen molar-refractivity contribution in [3.05, 3.63) is 90.5 Å². The van der Waals surface area contributed by atoms with Crippen molar-refractivity contribution in [1.82, 2.24) is 14.8 Å². The van der Waals surface area contributed by atoms with Gasteiger partial charge in [-0.25, -0.2) is 0 Å². The summed E-state index contributed by atoms with van der Waals surface area (Å²) < 4.78 is 1.62. The molecule has 0 aliphatic carbocycles. The molecule has 0 fully saturated rings. The average Bonchev–Trinajstić information content (AvgIpc) is 3.14. The fourth-order valence-electron chi connectivity index (χ4n) is 2.95. The van der Waals surface area contributed by atoms with Gasteiger partial charge < -0.3 is 16.4 Å². The van der Waals surface area contributed by atoms with E-state index in [1.165, 1.54) is 11.8 Å². The molecule has 3 aromatic carbocycles. The Balaban J connectivity index is 1.35. The third kappa shape index (κ3) is 5.64. The summed E-state index contributed by atoms with van der Waals surface area (Å²) >= 11 is 1.49. The molecule has 156 valence electrons. The smallest absolute Gasteiger partial charge is 0.244 e. The maximum absolute atomic E-state index is 12.6. The van der Waals surface area contributed by atoms with Gasteiger partial charge in [-0.1, -0.05) is 60.3 Å². The maximum atomic E-state index is 12.6. The molecule has 0 saturated carbocycles. The summed E-state index contributed by atoms with van der Waals surface area (Å²) in [7, 11) is 0. The summed E-state index contributed by atoms with van der Waals surface area (Å²) in [4.78, 5) is 12.6. The van der Waals surface area contributed by atoms with Gasteiger partial charge in [0, 0.05) is 22.8 Å². The zero-order valence-electron chi connectivity index (χ0n) is 16.7. The number of nitrogen functional groups attached to an aromatic ring is 1. The number of carbonyl (C=O) groups is 1. The van der Waals surface area contributed by atoms with Crippen molar-refractivity contribution in [2.45, 2.75) is 17.5 Å². The Hall–Kier alpha value is -3.78. The van der Waals surface area contributed by atoms with Crippen LogP contribution < -0.4 is 16.4 Å². The maximum Gasteiger partial charge on any atom is 0.244 e. The van der Waals surface area contributed by atoms with Crippen LogP contribution in [0.25, 0.3) is 0 Å². The first kappa shape index (κ1) is 20.5. The van der Waals surface area contributed by atoms with E-state index in [1.54, 1.807) is 4.57 Å². The van der Waals surface area contributed by atoms with E-state index < -0.39 is 0 Å². The number of nitrogens with one attached hydrogen (secondary N) is 2. The van der Waals surface area contributed by atoms with Gasteiger partial charge in [-0.3, -0.25) is 9.36 Å². The lowest BCUT2D eigenvalue weighted by molar-refractivity contribution is -0.116. The van der Waals surface area contributed by atoms with Gasteiger partial charge in [-0.15, -0.1) is 10.2 Å². The molecular weight excluding hydrogens is 408 g/mol. The van der Waals surface area contributed by atoms with Gasteiger partial charge in [-0.2, -0.15) is 0 Å². The zero-order valence-corrected chi connectivity index (χ0v) is 17.5. The fraction of sp³-hybridized carbons (Fsp3) is 0.0870. The minimum Gasteiger partial charge on any atom is -0.368 e. The summed E-state index contributed by atoms with van der Waals surface area (Å²) in [6.07, 6.45) is 0. The second-order valence-corrected chi connectivity index (χ2v) is 7.76. The van der Waals surface area contributed by atoms with E-state index in [2.05, 4.69) is 20.8 Å².